The van der Waals surface area contributed by atoms with Crippen molar-refractivity contribution < 1.29 is 19.0 Å². The lowest BCUT2D eigenvalue weighted by atomic mass is 10.1. The second-order valence-corrected chi connectivity index (χ2v) is 8.38. The minimum absolute atomic E-state index is 0.0853. The van der Waals surface area contributed by atoms with Gasteiger partial charge in [0.05, 0.1) is 27.4 Å². The van der Waals surface area contributed by atoms with E-state index in [1.807, 2.05) is 37.3 Å². The maximum absolute atomic E-state index is 12.7. The summed E-state index contributed by atoms with van der Waals surface area (Å²) in [5, 5.41) is 3.08. The summed E-state index contributed by atoms with van der Waals surface area (Å²) >= 11 is 0. The number of nitrogens with zero attached hydrogens (tertiary/aromatic N) is 2. The molecular weight excluding hydrogens is 418 g/mol. The lowest BCUT2D eigenvalue weighted by Crippen LogP contribution is -2.54. The Morgan fingerprint density at radius 2 is 1.55 bits per heavy atom. The number of benzene rings is 2. The van der Waals surface area contributed by atoms with Gasteiger partial charge in [0.2, 0.25) is 5.91 Å². The van der Waals surface area contributed by atoms with Crippen LogP contribution in [0.3, 0.4) is 0 Å². The Morgan fingerprint density at radius 3 is 2.18 bits per heavy atom. The molecule has 1 saturated heterocycles. The van der Waals surface area contributed by atoms with Gasteiger partial charge in [-0.15, -0.1) is 0 Å². The summed E-state index contributed by atoms with van der Waals surface area (Å²) in [6, 6.07) is 14.0. The van der Waals surface area contributed by atoms with E-state index in [-0.39, 0.29) is 11.9 Å². The van der Waals surface area contributed by atoms with Crippen LogP contribution in [0.5, 0.6) is 17.2 Å². The molecule has 2 aromatic carbocycles. The first kappa shape index (κ1) is 24.9. The van der Waals surface area contributed by atoms with Gasteiger partial charge in [0.25, 0.3) is 0 Å². The molecule has 0 radical (unpaired) electrons. The molecule has 1 amide bonds. The molecule has 0 saturated carbocycles. The smallest absolute Gasteiger partial charge is 0.237 e. The lowest BCUT2D eigenvalue weighted by molar-refractivity contribution is -0.126. The van der Waals surface area contributed by atoms with E-state index in [2.05, 4.69) is 27.2 Å². The number of hydrogen-bond acceptors (Lipinski definition) is 6. The molecule has 1 aliphatic rings. The Morgan fingerprint density at radius 1 is 0.879 bits per heavy atom. The van der Waals surface area contributed by atoms with Crippen LogP contribution in [-0.2, 0) is 17.6 Å². The molecule has 0 aliphatic carbocycles. The van der Waals surface area contributed by atoms with Crippen molar-refractivity contribution >= 4 is 5.91 Å². The van der Waals surface area contributed by atoms with Gasteiger partial charge in [-0.2, -0.15) is 0 Å². The molecule has 1 aliphatic heterocycles. The van der Waals surface area contributed by atoms with Gasteiger partial charge in [-0.25, -0.2) is 0 Å². The van der Waals surface area contributed by atoms with Crippen LogP contribution in [0.2, 0.25) is 0 Å². The van der Waals surface area contributed by atoms with E-state index in [9.17, 15) is 4.79 Å². The average molecular weight is 456 g/mol. The normalized spacial score (nSPS) is 15.6. The first-order chi connectivity index (χ1) is 16.0. The zero-order chi connectivity index (χ0) is 23.6. The summed E-state index contributed by atoms with van der Waals surface area (Å²) < 4.78 is 15.9. The molecule has 1 atom stereocenters. The number of rotatable bonds is 11. The highest BCUT2D eigenvalue weighted by Gasteiger charge is 2.25. The molecular formula is C26H37N3O4. The third-order valence-corrected chi connectivity index (χ3v) is 6.37. The van der Waals surface area contributed by atoms with Crippen molar-refractivity contribution in [3.63, 3.8) is 0 Å². The number of ether oxygens (including phenoxy) is 3. The average Bonchev–Trinajstić information content (AvgIpc) is 2.87. The molecule has 0 aromatic heterocycles. The van der Waals surface area contributed by atoms with Crippen molar-refractivity contribution in [3.8, 4) is 17.2 Å². The van der Waals surface area contributed by atoms with Gasteiger partial charge in [-0.05, 0) is 55.2 Å². The van der Waals surface area contributed by atoms with E-state index in [0.717, 1.165) is 56.9 Å². The monoisotopic (exact) mass is 455 g/mol. The Hall–Kier alpha value is -2.77. The van der Waals surface area contributed by atoms with E-state index in [4.69, 9.17) is 14.2 Å². The van der Waals surface area contributed by atoms with Gasteiger partial charge in [-0.1, -0.05) is 18.2 Å². The van der Waals surface area contributed by atoms with Crippen LogP contribution in [0.15, 0.2) is 42.5 Å². The van der Waals surface area contributed by atoms with Crippen molar-refractivity contribution in [2.75, 3.05) is 60.6 Å². The van der Waals surface area contributed by atoms with Crippen molar-refractivity contribution in [1.29, 1.82) is 0 Å². The molecule has 180 valence electrons. The summed E-state index contributed by atoms with van der Waals surface area (Å²) in [6.07, 6.45) is 1.77. The Balaban J connectivity index is 1.37. The van der Waals surface area contributed by atoms with E-state index >= 15 is 0 Å². The molecule has 1 unspecified atom stereocenters. The number of methoxy groups -OCH3 is 3. The van der Waals surface area contributed by atoms with Crippen LogP contribution in [0.25, 0.3) is 0 Å². The first-order valence-electron chi connectivity index (χ1n) is 11.6. The fourth-order valence-electron chi connectivity index (χ4n) is 4.13. The number of piperazine rings is 1. The predicted octanol–water partition coefficient (Wildman–Crippen LogP) is 2.62. The summed E-state index contributed by atoms with van der Waals surface area (Å²) in [4.78, 5) is 17.4. The Bertz CT molecular complexity index is 880. The summed E-state index contributed by atoms with van der Waals surface area (Å²) in [5.74, 6) is 2.40. The molecule has 33 heavy (non-hydrogen) atoms. The highest BCUT2D eigenvalue weighted by molar-refractivity contribution is 5.81. The first-order valence-corrected chi connectivity index (χ1v) is 11.6. The minimum atomic E-state index is -0.126. The van der Waals surface area contributed by atoms with Gasteiger partial charge in [0, 0.05) is 39.3 Å². The summed E-state index contributed by atoms with van der Waals surface area (Å²) in [6.45, 7) is 7.42. The van der Waals surface area contributed by atoms with Gasteiger partial charge in [0.1, 0.15) is 5.75 Å². The van der Waals surface area contributed by atoms with Gasteiger partial charge in [-0.3, -0.25) is 9.69 Å². The fraction of sp³-hybridized carbons (Fsp3) is 0.500. The fourth-order valence-corrected chi connectivity index (χ4v) is 4.13. The van der Waals surface area contributed by atoms with Crippen LogP contribution in [0.4, 0.5) is 0 Å². The molecule has 7 nitrogen and oxygen atoms in total. The van der Waals surface area contributed by atoms with E-state index in [1.54, 1.807) is 21.3 Å². The number of hydrogen-bond donors (Lipinski definition) is 1. The third kappa shape index (κ3) is 7.11. The largest absolute Gasteiger partial charge is 0.497 e. The SMILES string of the molecule is COc1ccc(CCN2CCN(C(C)C(=O)NCCc3ccc(OC)c(OC)c3)CC2)cc1. The molecule has 2 aromatic rings. The second-order valence-electron chi connectivity index (χ2n) is 8.38. The molecule has 3 rings (SSSR count). The van der Waals surface area contributed by atoms with Crippen molar-refractivity contribution in [2.45, 2.75) is 25.8 Å². The van der Waals surface area contributed by atoms with Crippen LogP contribution >= 0.6 is 0 Å². The quantitative estimate of drug-likeness (QED) is 0.562. The number of nitrogens with one attached hydrogen (secondary N) is 1. The second kappa shape index (κ2) is 12.5. The molecule has 1 heterocycles. The third-order valence-electron chi connectivity index (χ3n) is 6.37. The van der Waals surface area contributed by atoms with E-state index < -0.39 is 0 Å². The van der Waals surface area contributed by atoms with E-state index in [0.29, 0.717) is 18.0 Å². The molecule has 1 fully saturated rings. The molecule has 0 spiro atoms. The van der Waals surface area contributed by atoms with Gasteiger partial charge >= 0.3 is 0 Å². The van der Waals surface area contributed by atoms with Crippen LogP contribution < -0.4 is 19.5 Å². The van der Waals surface area contributed by atoms with Gasteiger partial charge in [0.15, 0.2) is 11.5 Å². The van der Waals surface area contributed by atoms with Crippen molar-refractivity contribution in [2.24, 2.45) is 0 Å². The topological polar surface area (TPSA) is 63.3 Å². The maximum Gasteiger partial charge on any atom is 0.237 e. The zero-order valence-electron chi connectivity index (χ0n) is 20.3. The Kier molecular flexibility index (Phi) is 9.39. The minimum Gasteiger partial charge on any atom is -0.497 e. The molecule has 0 bridgehead atoms. The molecule has 7 heteroatoms. The standard InChI is InChI=1S/C26H37N3O4/c1-20(26(30)27-13-11-22-7-10-24(32-3)25(19-22)33-4)29-17-15-28(16-18-29)14-12-21-5-8-23(31-2)9-6-21/h5-10,19-20H,11-18H2,1-4H3,(H,27,30). The maximum atomic E-state index is 12.7. The summed E-state index contributed by atoms with van der Waals surface area (Å²) in [7, 11) is 4.94. The number of amides is 1. The summed E-state index contributed by atoms with van der Waals surface area (Å²) in [5.41, 5.74) is 2.42. The predicted molar refractivity (Wildman–Crippen MR) is 130 cm³/mol. The zero-order valence-corrected chi connectivity index (χ0v) is 20.3. The lowest BCUT2D eigenvalue weighted by Gasteiger charge is -2.37. The number of carbonyl (C=O) groups excluding carboxylic acids is 1. The number of carbonyl (C=O) groups is 1. The van der Waals surface area contributed by atoms with Crippen LogP contribution in [-0.4, -0.2) is 82.3 Å². The van der Waals surface area contributed by atoms with Crippen LogP contribution in [0.1, 0.15) is 18.1 Å². The van der Waals surface area contributed by atoms with E-state index in [1.165, 1.54) is 5.56 Å². The highest BCUT2D eigenvalue weighted by atomic mass is 16.5. The van der Waals surface area contributed by atoms with Crippen LogP contribution in [0, 0.1) is 0 Å². The Labute approximate surface area is 197 Å². The van der Waals surface area contributed by atoms with Crippen molar-refractivity contribution in [1.82, 2.24) is 15.1 Å². The highest BCUT2D eigenvalue weighted by Crippen LogP contribution is 2.27. The molecule has 1 N–H and O–H groups in total. The van der Waals surface area contributed by atoms with Gasteiger partial charge < -0.3 is 24.4 Å². The van der Waals surface area contributed by atoms with Crippen molar-refractivity contribution in [3.05, 3.63) is 53.6 Å².